The Morgan fingerprint density at radius 3 is 2.54 bits per heavy atom. The van der Waals surface area contributed by atoms with E-state index in [9.17, 15) is 14.0 Å². The maximum Gasteiger partial charge on any atom is 0.338 e. The number of carbonyl (C=O) groups excluding carboxylic acids is 2. The normalized spacial score (nSPS) is 10.1. The molecule has 0 aliphatic carbocycles. The Balaban J connectivity index is 1.94. The Hall–Kier alpha value is -2.89. The van der Waals surface area contributed by atoms with Gasteiger partial charge >= 0.3 is 5.97 Å². The number of benzene rings is 2. The number of hydrogen-bond donors (Lipinski definition) is 0. The Kier molecular flexibility index (Phi) is 5.89. The summed E-state index contributed by atoms with van der Waals surface area (Å²) >= 11 is 0. The van der Waals surface area contributed by atoms with Crippen molar-refractivity contribution >= 4 is 11.9 Å². The molecule has 0 aliphatic rings. The molecule has 6 heteroatoms. The summed E-state index contributed by atoms with van der Waals surface area (Å²) in [6.45, 7) is -0.143. The highest BCUT2D eigenvalue weighted by molar-refractivity contribution is 5.89. The molecule has 0 saturated carbocycles. The van der Waals surface area contributed by atoms with Crippen molar-refractivity contribution in [3.05, 3.63) is 65.5 Å². The predicted octanol–water partition coefficient (Wildman–Crippen LogP) is 2.65. The highest BCUT2D eigenvalue weighted by atomic mass is 19.1. The number of amides is 1. The zero-order valence-electron chi connectivity index (χ0n) is 13.5. The third kappa shape index (κ3) is 5.08. The Bertz CT molecular complexity index is 730. The summed E-state index contributed by atoms with van der Waals surface area (Å²) in [4.78, 5) is 25.0. The van der Waals surface area contributed by atoms with Crippen molar-refractivity contribution < 1.29 is 23.5 Å². The van der Waals surface area contributed by atoms with Gasteiger partial charge in [0.1, 0.15) is 18.2 Å². The van der Waals surface area contributed by atoms with Gasteiger partial charge in [-0.15, -0.1) is 0 Å². The topological polar surface area (TPSA) is 55.8 Å². The summed E-state index contributed by atoms with van der Waals surface area (Å²) in [6.07, 6.45) is 0. The van der Waals surface area contributed by atoms with Crippen LogP contribution in [-0.4, -0.2) is 37.5 Å². The van der Waals surface area contributed by atoms with Crippen LogP contribution in [0.1, 0.15) is 15.9 Å². The molecule has 0 unspecified atom stereocenters. The van der Waals surface area contributed by atoms with Crippen molar-refractivity contribution in [3.8, 4) is 5.75 Å². The summed E-state index contributed by atoms with van der Waals surface area (Å²) in [5.74, 6) is -0.729. The maximum absolute atomic E-state index is 13.1. The molecule has 0 aliphatic heterocycles. The van der Waals surface area contributed by atoms with Gasteiger partial charge in [-0.2, -0.15) is 0 Å². The van der Waals surface area contributed by atoms with E-state index in [0.717, 1.165) is 0 Å². The Morgan fingerprint density at radius 1 is 1.08 bits per heavy atom. The van der Waals surface area contributed by atoms with Gasteiger partial charge in [-0.05, 0) is 35.9 Å². The summed E-state index contributed by atoms with van der Waals surface area (Å²) in [6, 6.07) is 12.2. The molecule has 0 spiro atoms. The maximum atomic E-state index is 13.1. The van der Waals surface area contributed by atoms with Crippen LogP contribution in [0.3, 0.4) is 0 Å². The molecule has 126 valence electrons. The quantitative estimate of drug-likeness (QED) is 0.764. The first-order chi connectivity index (χ1) is 11.5. The van der Waals surface area contributed by atoms with Crippen molar-refractivity contribution in [3.63, 3.8) is 0 Å². The lowest BCUT2D eigenvalue weighted by molar-refractivity contribution is -0.130. The molecule has 0 fully saturated rings. The number of rotatable bonds is 6. The molecule has 0 aromatic heterocycles. The summed E-state index contributed by atoms with van der Waals surface area (Å²) < 4.78 is 23.6. The van der Waals surface area contributed by atoms with Crippen molar-refractivity contribution in [2.75, 3.05) is 20.7 Å². The number of halogens is 1. The van der Waals surface area contributed by atoms with Crippen LogP contribution in [0.15, 0.2) is 48.5 Å². The average molecular weight is 331 g/mol. The number of esters is 1. The Morgan fingerprint density at radius 2 is 1.83 bits per heavy atom. The minimum atomic E-state index is -0.552. The minimum Gasteiger partial charge on any atom is -0.484 e. The monoisotopic (exact) mass is 331 g/mol. The smallest absolute Gasteiger partial charge is 0.338 e. The van der Waals surface area contributed by atoms with Gasteiger partial charge in [0, 0.05) is 14.1 Å². The predicted molar refractivity (Wildman–Crippen MR) is 86.2 cm³/mol. The van der Waals surface area contributed by atoms with Gasteiger partial charge in [0.05, 0.1) is 5.56 Å². The molecule has 1 amide bonds. The highest BCUT2D eigenvalue weighted by Crippen LogP contribution is 2.15. The van der Waals surface area contributed by atoms with E-state index in [2.05, 4.69) is 0 Å². The van der Waals surface area contributed by atoms with Crippen LogP contribution in [0.4, 0.5) is 4.39 Å². The summed E-state index contributed by atoms with van der Waals surface area (Å²) in [5, 5.41) is 0. The molecule has 2 aromatic rings. The zero-order valence-corrected chi connectivity index (χ0v) is 13.5. The number of carbonyl (C=O) groups is 2. The standard InChI is InChI=1S/C18H18FNO4/c1-20(2)17(21)12-23-16-8-4-6-14(10-16)18(22)24-11-13-5-3-7-15(19)9-13/h3-10H,11-12H2,1-2H3. The Labute approximate surface area is 139 Å². The van der Waals surface area contributed by atoms with Gasteiger partial charge in [0.2, 0.25) is 0 Å². The van der Waals surface area contributed by atoms with E-state index in [4.69, 9.17) is 9.47 Å². The molecule has 5 nitrogen and oxygen atoms in total. The van der Waals surface area contributed by atoms with Crippen molar-refractivity contribution in [1.29, 1.82) is 0 Å². The molecule has 0 atom stereocenters. The van der Waals surface area contributed by atoms with Gasteiger partial charge in [-0.1, -0.05) is 18.2 Å². The molecule has 2 aromatic carbocycles. The van der Waals surface area contributed by atoms with Gasteiger partial charge in [-0.3, -0.25) is 4.79 Å². The van der Waals surface area contributed by atoms with E-state index in [1.807, 2.05) is 0 Å². The largest absolute Gasteiger partial charge is 0.484 e. The van der Waals surface area contributed by atoms with Crippen molar-refractivity contribution in [2.45, 2.75) is 6.61 Å². The summed E-state index contributed by atoms with van der Waals surface area (Å²) in [7, 11) is 3.26. The van der Waals surface area contributed by atoms with Gasteiger partial charge < -0.3 is 14.4 Å². The van der Waals surface area contributed by atoms with Crippen LogP contribution in [0.25, 0.3) is 0 Å². The van der Waals surface area contributed by atoms with Gasteiger partial charge in [0.25, 0.3) is 5.91 Å². The van der Waals surface area contributed by atoms with E-state index in [-0.39, 0.29) is 24.9 Å². The molecule has 0 saturated heterocycles. The van der Waals surface area contributed by atoms with Crippen LogP contribution in [0.2, 0.25) is 0 Å². The molecule has 0 bridgehead atoms. The lowest BCUT2D eigenvalue weighted by Gasteiger charge is -2.12. The first-order valence-electron chi connectivity index (χ1n) is 7.30. The fraction of sp³-hybridized carbons (Fsp3) is 0.222. The molecule has 0 radical (unpaired) electrons. The third-order valence-electron chi connectivity index (χ3n) is 3.19. The third-order valence-corrected chi connectivity index (χ3v) is 3.19. The number of ether oxygens (including phenoxy) is 2. The van der Waals surface area contributed by atoms with Crippen molar-refractivity contribution in [1.82, 2.24) is 4.90 Å². The average Bonchev–Trinajstić information content (AvgIpc) is 2.57. The second-order valence-corrected chi connectivity index (χ2v) is 5.31. The molecule has 0 heterocycles. The second-order valence-electron chi connectivity index (χ2n) is 5.31. The molecule has 24 heavy (non-hydrogen) atoms. The van der Waals surface area contributed by atoms with Crippen LogP contribution in [0, 0.1) is 5.82 Å². The molecular formula is C18H18FNO4. The van der Waals surface area contributed by atoms with Crippen LogP contribution >= 0.6 is 0 Å². The zero-order chi connectivity index (χ0) is 17.5. The molecule has 2 rings (SSSR count). The van der Waals surface area contributed by atoms with E-state index in [0.29, 0.717) is 16.9 Å². The second kappa shape index (κ2) is 8.10. The lowest BCUT2D eigenvalue weighted by atomic mass is 10.2. The van der Waals surface area contributed by atoms with Gasteiger partial charge in [0.15, 0.2) is 6.61 Å². The van der Waals surface area contributed by atoms with Crippen LogP contribution in [0.5, 0.6) is 5.75 Å². The van der Waals surface area contributed by atoms with E-state index in [1.165, 1.54) is 23.1 Å². The number of likely N-dealkylation sites (N-methyl/N-ethyl adjacent to an activating group) is 1. The first kappa shape index (κ1) is 17.5. The van der Waals surface area contributed by atoms with E-state index in [1.54, 1.807) is 44.4 Å². The molecular weight excluding hydrogens is 313 g/mol. The minimum absolute atomic E-state index is 0.0270. The fourth-order valence-electron chi connectivity index (χ4n) is 1.85. The fourth-order valence-corrected chi connectivity index (χ4v) is 1.85. The van der Waals surface area contributed by atoms with E-state index < -0.39 is 5.97 Å². The van der Waals surface area contributed by atoms with Crippen LogP contribution < -0.4 is 4.74 Å². The molecule has 0 N–H and O–H groups in total. The highest BCUT2D eigenvalue weighted by Gasteiger charge is 2.10. The van der Waals surface area contributed by atoms with Crippen molar-refractivity contribution in [2.24, 2.45) is 0 Å². The number of nitrogens with zero attached hydrogens (tertiary/aromatic N) is 1. The SMILES string of the molecule is CN(C)C(=O)COc1cccc(C(=O)OCc2cccc(F)c2)c1. The van der Waals surface area contributed by atoms with Gasteiger partial charge in [-0.25, -0.2) is 9.18 Å². The first-order valence-corrected chi connectivity index (χ1v) is 7.30. The summed E-state index contributed by atoms with van der Waals surface area (Å²) in [5.41, 5.74) is 0.855. The van der Waals surface area contributed by atoms with E-state index >= 15 is 0 Å². The number of hydrogen-bond acceptors (Lipinski definition) is 4. The van der Waals surface area contributed by atoms with Crippen LogP contribution in [-0.2, 0) is 16.1 Å². The lowest BCUT2D eigenvalue weighted by Crippen LogP contribution is -2.27.